The third kappa shape index (κ3) is 13.4. The van der Waals surface area contributed by atoms with Crippen LogP contribution in [0.25, 0.3) is 0 Å². The lowest BCUT2D eigenvalue weighted by molar-refractivity contribution is 0.289. The van der Waals surface area contributed by atoms with Gasteiger partial charge >= 0.3 is 0 Å². The van der Waals surface area contributed by atoms with Gasteiger partial charge in [0.15, 0.2) is 0 Å². The van der Waals surface area contributed by atoms with Crippen LogP contribution in [-0.2, 0) is 0 Å². The summed E-state index contributed by atoms with van der Waals surface area (Å²) in [4.78, 5) is 0. The summed E-state index contributed by atoms with van der Waals surface area (Å²) in [5, 5.41) is 8.57. The second-order valence-corrected chi connectivity index (χ2v) is 3.88. The molecule has 88 valence electrons. The molecular formula is C14H26O. The predicted octanol–water partition coefficient (Wildman–Crippen LogP) is 4.23. The maximum absolute atomic E-state index is 8.57. The Morgan fingerprint density at radius 1 is 0.733 bits per heavy atom. The molecule has 0 fully saturated rings. The number of aliphatic hydroxyl groups excluding tert-OH is 1. The van der Waals surface area contributed by atoms with Crippen molar-refractivity contribution in [2.45, 2.75) is 58.3 Å². The number of aliphatic hydroxyl groups is 1. The molecular weight excluding hydrogens is 184 g/mol. The Hall–Kier alpha value is -0.560. The van der Waals surface area contributed by atoms with Gasteiger partial charge in [-0.05, 0) is 38.5 Å². The lowest BCUT2D eigenvalue weighted by Crippen LogP contribution is -1.78. The van der Waals surface area contributed by atoms with Crippen molar-refractivity contribution < 1.29 is 5.11 Å². The topological polar surface area (TPSA) is 20.2 Å². The highest BCUT2D eigenvalue weighted by atomic mass is 16.2. The molecule has 0 aromatic rings. The average molecular weight is 210 g/mol. The number of rotatable bonds is 10. The largest absolute Gasteiger partial charge is 0.396 e. The van der Waals surface area contributed by atoms with Crippen LogP contribution in [0, 0.1) is 0 Å². The normalized spacial score (nSPS) is 11.9. The van der Waals surface area contributed by atoms with Gasteiger partial charge in [-0.2, -0.15) is 0 Å². The van der Waals surface area contributed by atoms with Gasteiger partial charge in [0.2, 0.25) is 0 Å². The molecule has 0 aromatic carbocycles. The monoisotopic (exact) mass is 210 g/mol. The third-order valence-electron chi connectivity index (χ3n) is 2.33. The standard InChI is InChI=1S/C14H26O/c1-2-3-4-5-6-7-8-9-10-11-12-13-14-15/h5-6,10-11,15H,2-4,7-9,12-14H2,1H3/b6-5+,11-10+. The third-order valence-corrected chi connectivity index (χ3v) is 2.33. The zero-order chi connectivity index (χ0) is 11.2. The molecule has 1 nitrogen and oxygen atoms in total. The van der Waals surface area contributed by atoms with Crippen molar-refractivity contribution >= 4 is 0 Å². The molecule has 1 heteroatoms. The molecule has 0 spiro atoms. The predicted molar refractivity (Wildman–Crippen MR) is 68.0 cm³/mol. The van der Waals surface area contributed by atoms with E-state index in [9.17, 15) is 0 Å². The Balaban J connectivity index is 3.10. The maximum atomic E-state index is 8.57. The van der Waals surface area contributed by atoms with Crippen LogP contribution < -0.4 is 0 Å². The molecule has 0 saturated heterocycles. The van der Waals surface area contributed by atoms with Crippen LogP contribution in [0.2, 0.25) is 0 Å². The molecule has 0 aliphatic heterocycles. The highest BCUT2D eigenvalue weighted by Crippen LogP contribution is 2.02. The summed E-state index contributed by atoms with van der Waals surface area (Å²) < 4.78 is 0. The van der Waals surface area contributed by atoms with Crippen LogP contribution in [0.15, 0.2) is 24.3 Å². The van der Waals surface area contributed by atoms with Gasteiger partial charge in [-0.3, -0.25) is 0 Å². The van der Waals surface area contributed by atoms with Crippen molar-refractivity contribution in [2.75, 3.05) is 6.61 Å². The fourth-order valence-electron chi connectivity index (χ4n) is 1.36. The van der Waals surface area contributed by atoms with E-state index >= 15 is 0 Å². The van der Waals surface area contributed by atoms with E-state index in [-0.39, 0.29) is 0 Å². The van der Waals surface area contributed by atoms with Crippen LogP contribution in [0.3, 0.4) is 0 Å². The first-order chi connectivity index (χ1) is 7.41. The van der Waals surface area contributed by atoms with E-state index < -0.39 is 0 Å². The van der Waals surface area contributed by atoms with Crippen LogP contribution in [0.1, 0.15) is 58.3 Å². The summed E-state index contributed by atoms with van der Waals surface area (Å²) in [5.41, 5.74) is 0. The van der Waals surface area contributed by atoms with Crippen molar-refractivity contribution in [3.63, 3.8) is 0 Å². The van der Waals surface area contributed by atoms with Gasteiger partial charge in [-0.25, -0.2) is 0 Å². The first kappa shape index (κ1) is 14.4. The molecule has 0 radical (unpaired) electrons. The fourth-order valence-corrected chi connectivity index (χ4v) is 1.36. The molecule has 0 aliphatic rings. The second-order valence-electron chi connectivity index (χ2n) is 3.88. The highest BCUT2D eigenvalue weighted by Gasteiger charge is 1.82. The summed E-state index contributed by atoms with van der Waals surface area (Å²) in [6.07, 6.45) is 18.4. The smallest absolute Gasteiger partial charge is 0.0433 e. The summed E-state index contributed by atoms with van der Waals surface area (Å²) in [7, 11) is 0. The summed E-state index contributed by atoms with van der Waals surface area (Å²) in [5.74, 6) is 0. The quantitative estimate of drug-likeness (QED) is 0.422. The van der Waals surface area contributed by atoms with Gasteiger partial charge in [0, 0.05) is 6.61 Å². The molecule has 0 saturated carbocycles. The minimum Gasteiger partial charge on any atom is -0.396 e. The molecule has 0 aliphatic carbocycles. The van der Waals surface area contributed by atoms with Crippen LogP contribution in [-0.4, -0.2) is 11.7 Å². The summed E-state index contributed by atoms with van der Waals surface area (Å²) in [6.45, 7) is 2.54. The fraction of sp³-hybridized carbons (Fsp3) is 0.714. The molecule has 0 atom stereocenters. The van der Waals surface area contributed by atoms with E-state index in [0.717, 1.165) is 12.8 Å². The molecule has 1 N–H and O–H groups in total. The van der Waals surface area contributed by atoms with E-state index in [4.69, 9.17) is 5.11 Å². The number of unbranched alkanes of at least 4 members (excludes halogenated alkanes) is 5. The Labute approximate surface area is 94.9 Å². The molecule has 0 aromatic heterocycles. The van der Waals surface area contributed by atoms with Crippen LogP contribution in [0.5, 0.6) is 0 Å². The lowest BCUT2D eigenvalue weighted by Gasteiger charge is -1.92. The number of allylic oxidation sites excluding steroid dienone is 4. The maximum Gasteiger partial charge on any atom is 0.0433 e. The molecule has 15 heavy (non-hydrogen) atoms. The van der Waals surface area contributed by atoms with E-state index in [2.05, 4.69) is 31.2 Å². The Bertz CT molecular complexity index is 141. The van der Waals surface area contributed by atoms with Gasteiger partial charge < -0.3 is 5.11 Å². The number of hydrogen-bond donors (Lipinski definition) is 1. The zero-order valence-electron chi connectivity index (χ0n) is 10.1. The molecule has 0 rings (SSSR count). The van der Waals surface area contributed by atoms with Crippen molar-refractivity contribution in [1.29, 1.82) is 0 Å². The summed E-state index contributed by atoms with van der Waals surface area (Å²) >= 11 is 0. The van der Waals surface area contributed by atoms with Crippen molar-refractivity contribution in [1.82, 2.24) is 0 Å². The summed E-state index contributed by atoms with van der Waals surface area (Å²) in [6, 6.07) is 0. The highest BCUT2D eigenvalue weighted by molar-refractivity contribution is 4.85. The first-order valence-electron chi connectivity index (χ1n) is 6.32. The first-order valence-corrected chi connectivity index (χ1v) is 6.32. The van der Waals surface area contributed by atoms with Crippen molar-refractivity contribution in [3.8, 4) is 0 Å². The Morgan fingerprint density at radius 2 is 1.20 bits per heavy atom. The number of hydrogen-bond acceptors (Lipinski definition) is 1. The second kappa shape index (κ2) is 13.4. The van der Waals surface area contributed by atoms with Gasteiger partial charge in [0.05, 0.1) is 0 Å². The van der Waals surface area contributed by atoms with Gasteiger partial charge in [-0.15, -0.1) is 0 Å². The van der Waals surface area contributed by atoms with Crippen molar-refractivity contribution in [3.05, 3.63) is 24.3 Å². The molecule has 0 amide bonds. The van der Waals surface area contributed by atoms with Crippen LogP contribution >= 0.6 is 0 Å². The zero-order valence-corrected chi connectivity index (χ0v) is 10.1. The Kier molecular flexibility index (Phi) is 12.9. The minimum absolute atomic E-state index is 0.310. The lowest BCUT2D eigenvalue weighted by atomic mass is 10.2. The average Bonchev–Trinajstić information content (AvgIpc) is 2.26. The SMILES string of the molecule is CCCC/C=C/CCC/C=C/CCCO. The van der Waals surface area contributed by atoms with E-state index in [1.165, 1.54) is 38.5 Å². The van der Waals surface area contributed by atoms with Gasteiger partial charge in [-0.1, -0.05) is 44.1 Å². The van der Waals surface area contributed by atoms with E-state index in [1.807, 2.05) is 0 Å². The van der Waals surface area contributed by atoms with E-state index in [0.29, 0.717) is 6.61 Å². The Morgan fingerprint density at radius 3 is 1.67 bits per heavy atom. The molecule has 0 bridgehead atoms. The molecule has 0 heterocycles. The van der Waals surface area contributed by atoms with E-state index in [1.54, 1.807) is 0 Å². The van der Waals surface area contributed by atoms with Gasteiger partial charge in [0.1, 0.15) is 0 Å². The minimum atomic E-state index is 0.310. The molecule has 0 unspecified atom stereocenters. The van der Waals surface area contributed by atoms with Gasteiger partial charge in [0.25, 0.3) is 0 Å². The van der Waals surface area contributed by atoms with Crippen molar-refractivity contribution in [2.24, 2.45) is 0 Å². The van der Waals surface area contributed by atoms with Crippen LogP contribution in [0.4, 0.5) is 0 Å².